The van der Waals surface area contributed by atoms with Crippen LogP contribution < -0.4 is 0 Å². The molecule has 0 aliphatic carbocycles. The molecule has 0 saturated heterocycles. The Kier molecular flexibility index (Phi) is 9.84. The molecule has 0 nitrogen and oxygen atoms in total. The second-order valence-electron chi connectivity index (χ2n) is 5.01. The second-order valence-corrected chi connectivity index (χ2v) is 7.18. The zero-order valence-electron chi connectivity index (χ0n) is 11.4. The van der Waals surface area contributed by atoms with Crippen LogP contribution in [0.2, 0.25) is 0 Å². The van der Waals surface area contributed by atoms with E-state index >= 15 is 0 Å². The van der Waals surface area contributed by atoms with Gasteiger partial charge in [-0.1, -0.05) is 6.92 Å². The molecule has 0 atom stereocenters. The molecule has 0 aliphatic rings. The van der Waals surface area contributed by atoms with E-state index in [0.29, 0.717) is 14.5 Å². The fraction of sp³-hybridized carbons (Fsp3) is 0.750. The van der Waals surface area contributed by atoms with Crippen LogP contribution in [0.25, 0.3) is 0 Å². The van der Waals surface area contributed by atoms with Crippen LogP contribution in [0.4, 0.5) is 0 Å². The van der Waals surface area contributed by atoms with Gasteiger partial charge < -0.3 is 0 Å². The van der Waals surface area contributed by atoms with Crippen molar-refractivity contribution in [3.05, 3.63) is 21.5 Å². The monoisotopic (exact) mass is 300 g/mol. The van der Waals surface area contributed by atoms with Gasteiger partial charge in [0.2, 0.25) is 0 Å². The normalized spacial score (nSPS) is 10.9. The molecule has 0 radical (unpaired) electrons. The van der Waals surface area contributed by atoms with Crippen LogP contribution in [-0.4, -0.2) is 14.5 Å². The molecule has 17 heavy (non-hydrogen) atoms. The zero-order chi connectivity index (χ0) is 12.2. The summed E-state index contributed by atoms with van der Waals surface area (Å²) in [6.45, 7) is 2.29. The Balaban J connectivity index is 1.76. The molecule has 1 heteroatoms. The predicted octanol–water partition coefficient (Wildman–Crippen LogP) is 5.21. The average Bonchev–Trinajstić information content (AvgIpc) is 2.85. The predicted molar refractivity (Wildman–Crippen MR) is 78.9 cm³/mol. The van der Waals surface area contributed by atoms with Gasteiger partial charge in [0.1, 0.15) is 0 Å². The maximum atomic E-state index is 2.33. The molecule has 98 valence electrons. The summed E-state index contributed by atoms with van der Waals surface area (Å²) in [7, 11) is 0. The molecule has 0 spiro atoms. The SMILES string of the molecule is CCCCCCCCCCCCc1ccc[se]1. The van der Waals surface area contributed by atoms with Gasteiger partial charge in [-0.05, 0) is 0 Å². The van der Waals surface area contributed by atoms with Gasteiger partial charge in [-0.3, -0.25) is 0 Å². The van der Waals surface area contributed by atoms with E-state index < -0.39 is 0 Å². The van der Waals surface area contributed by atoms with Crippen molar-refractivity contribution in [3.63, 3.8) is 0 Å². The number of hydrogen-bond donors (Lipinski definition) is 0. The fourth-order valence-corrected chi connectivity index (χ4v) is 3.82. The molecule has 1 aromatic rings. The van der Waals surface area contributed by atoms with Gasteiger partial charge in [-0.15, -0.1) is 0 Å². The van der Waals surface area contributed by atoms with E-state index in [1.807, 2.05) is 0 Å². The molecule has 1 rings (SSSR count). The molecule has 0 fully saturated rings. The van der Waals surface area contributed by atoms with Gasteiger partial charge in [-0.2, -0.15) is 0 Å². The van der Waals surface area contributed by atoms with Gasteiger partial charge >= 0.3 is 107 Å². The molecule has 0 N–H and O–H groups in total. The van der Waals surface area contributed by atoms with Gasteiger partial charge in [0.05, 0.1) is 0 Å². The number of unbranched alkanes of at least 4 members (excludes halogenated alkanes) is 9. The van der Waals surface area contributed by atoms with Crippen LogP contribution in [0, 0.1) is 0 Å². The van der Waals surface area contributed by atoms with Gasteiger partial charge in [0.25, 0.3) is 0 Å². The van der Waals surface area contributed by atoms with Crippen LogP contribution >= 0.6 is 0 Å². The summed E-state index contributed by atoms with van der Waals surface area (Å²) in [6.07, 6.45) is 15.8. The number of aryl methyl sites for hydroxylation is 1. The molecule has 1 heterocycles. The van der Waals surface area contributed by atoms with Crippen LogP contribution in [0.5, 0.6) is 0 Å². The molecular formula is C16H28Se. The molecular weight excluding hydrogens is 271 g/mol. The van der Waals surface area contributed by atoms with Crippen LogP contribution in [0.1, 0.15) is 75.6 Å². The third-order valence-electron chi connectivity index (χ3n) is 3.36. The number of hydrogen-bond acceptors (Lipinski definition) is 0. The summed E-state index contributed by atoms with van der Waals surface area (Å²) in [5.41, 5.74) is 0. The first kappa shape index (κ1) is 15.1. The molecule has 0 aromatic carbocycles. The van der Waals surface area contributed by atoms with Gasteiger partial charge in [0, 0.05) is 0 Å². The van der Waals surface area contributed by atoms with Crippen molar-refractivity contribution in [1.82, 2.24) is 0 Å². The Labute approximate surface area is 114 Å². The van der Waals surface area contributed by atoms with E-state index in [2.05, 4.69) is 24.0 Å². The van der Waals surface area contributed by atoms with Crippen molar-refractivity contribution < 1.29 is 0 Å². The van der Waals surface area contributed by atoms with E-state index in [9.17, 15) is 0 Å². The van der Waals surface area contributed by atoms with Crippen molar-refractivity contribution in [1.29, 1.82) is 0 Å². The molecule has 0 unspecified atom stereocenters. The summed E-state index contributed by atoms with van der Waals surface area (Å²) in [4.78, 5) is 2.33. The minimum absolute atomic E-state index is 0.708. The Morgan fingerprint density at radius 2 is 1.41 bits per heavy atom. The summed E-state index contributed by atoms with van der Waals surface area (Å²) < 4.78 is 1.71. The van der Waals surface area contributed by atoms with Gasteiger partial charge in [0.15, 0.2) is 0 Å². The Hall–Kier alpha value is -0.000519. The number of rotatable bonds is 11. The van der Waals surface area contributed by atoms with Crippen LogP contribution in [0.3, 0.4) is 0 Å². The van der Waals surface area contributed by atoms with Crippen molar-refractivity contribution in [2.45, 2.75) is 77.6 Å². The molecule has 0 amide bonds. The summed E-state index contributed by atoms with van der Waals surface area (Å²) in [5.74, 6) is 0. The quantitative estimate of drug-likeness (QED) is 0.389. The Morgan fingerprint density at radius 3 is 1.94 bits per heavy atom. The first-order chi connectivity index (χ1) is 8.43. The Morgan fingerprint density at radius 1 is 0.824 bits per heavy atom. The van der Waals surface area contributed by atoms with E-state index in [1.54, 1.807) is 4.44 Å². The van der Waals surface area contributed by atoms with E-state index in [0.717, 1.165) is 0 Å². The van der Waals surface area contributed by atoms with Crippen LogP contribution in [0.15, 0.2) is 17.1 Å². The first-order valence-corrected chi connectivity index (χ1v) is 9.30. The molecule has 1 aromatic heterocycles. The van der Waals surface area contributed by atoms with Crippen molar-refractivity contribution in [2.75, 3.05) is 0 Å². The Bertz CT molecular complexity index is 238. The average molecular weight is 299 g/mol. The van der Waals surface area contributed by atoms with Crippen molar-refractivity contribution in [3.8, 4) is 0 Å². The topological polar surface area (TPSA) is 0 Å². The molecule has 0 aliphatic heterocycles. The first-order valence-electron chi connectivity index (χ1n) is 7.46. The van der Waals surface area contributed by atoms with Crippen molar-refractivity contribution >= 4 is 14.5 Å². The van der Waals surface area contributed by atoms with E-state index in [1.165, 1.54) is 70.6 Å². The maximum absolute atomic E-state index is 2.33. The standard InChI is InChI=1S/C16H28Se/c1-2-3-4-5-6-7-8-9-10-11-13-16-14-12-15-17-16/h12,14-15H,2-11,13H2,1H3. The molecule has 0 saturated carbocycles. The zero-order valence-corrected chi connectivity index (χ0v) is 13.1. The third kappa shape index (κ3) is 8.69. The summed E-state index contributed by atoms with van der Waals surface area (Å²) >= 11 is 0.708. The van der Waals surface area contributed by atoms with E-state index in [-0.39, 0.29) is 0 Å². The minimum atomic E-state index is 0.708. The fourth-order valence-electron chi connectivity index (χ4n) is 2.24. The second kappa shape index (κ2) is 11.1. The summed E-state index contributed by atoms with van der Waals surface area (Å²) in [5, 5.41) is 0. The third-order valence-corrected chi connectivity index (χ3v) is 5.32. The van der Waals surface area contributed by atoms with Gasteiger partial charge in [-0.25, -0.2) is 0 Å². The summed E-state index contributed by atoms with van der Waals surface area (Å²) in [6, 6.07) is 4.55. The molecule has 0 bridgehead atoms. The van der Waals surface area contributed by atoms with E-state index in [4.69, 9.17) is 0 Å². The van der Waals surface area contributed by atoms with Crippen LogP contribution in [-0.2, 0) is 6.42 Å². The van der Waals surface area contributed by atoms with Crippen molar-refractivity contribution in [2.24, 2.45) is 0 Å².